The van der Waals surface area contributed by atoms with Gasteiger partial charge in [0.2, 0.25) is 0 Å². The van der Waals surface area contributed by atoms with Gasteiger partial charge < -0.3 is 9.26 Å². The molecule has 1 aliphatic heterocycles. The first-order valence-electron chi connectivity index (χ1n) is 11.1. The maximum atomic E-state index is 13.2. The molecule has 1 heterocycles. The summed E-state index contributed by atoms with van der Waals surface area (Å²) < 4.78 is 65.1. The van der Waals surface area contributed by atoms with Crippen LogP contribution in [0.15, 0.2) is 83.9 Å². The van der Waals surface area contributed by atoms with Crippen molar-refractivity contribution < 1.29 is 41.2 Å². The number of ketones is 1. The second-order valence-electron chi connectivity index (χ2n) is 8.28. The van der Waals surface area contributed by atoms with E-state index in [4.69, 9.17) is 9.05 Å². The minimum absolute atomic E-state index is 0.0876. The topological polar surface area (TPSA) is 94.4 Å². The number of phosphoric ester groups is 1. The van der Waals surface area contributed by atoms with Crippen molar-refractivity contribution >= 4 is 19.3 Å². The van der Waals surface area contributed by atoms with Crippen LogP contribution in [-0.2, 0) is 20.3 Å². The Bertz CT molecular complexity index is 1230. The molecule has 1 N–H and O–H groups in total. The lowest BCUT2D eigenvalue weighted by molar-refractivity contribution is -0.274. The first-order chi connectivity index (χ1) is 17.1. The predicted octanol–water partition coefficient (Wildman–Crippen LogP) is 5.61. The van der Waals surface area contributed by atoms with Crippen molar-refractivity contribution in [2.45, 2.75) is 31.2 Å². The molecule has 2 aromatic rings. The molecule has 0 fully saturated rings. The van der Waals surface area contributed by atoms with E-state index >= 15 is 0 Å². The summed E-state index contributed by atoms with van der Waals surface area (Å²) in [7, 11) is -4.80. The second kappa shape index (κ2) is 10.4. The summed E-state index contributed by atoms with van der Waals surface area (Å²) in [5.41, 5.74) is -1.02. The molecule has 3 atom stereocenters. The van der Waals surface area contributed by atoms with E-state index in [1.165, 1.54) is 60.7 Å². The summed E-state index contributed by atoms with van der Waals surface area (Å²) in [6.45, 7) is 0.384. The largest absolute Gasteiger partial charge is 0.573 e. The lowest BCUT2D eigenvalue weighted by Gasteiger charge is -2.37. The second-order valence-corrected chi connectivity index (χ2v) is 9.59. The van der Waals surface area contributed by atoms with Crippen LogP contribution in [0.4, 0.5) is 13.2 Å². The Morgan fingerprint density at radius 3 is 2.44 bits per heavy atom. The summed E-state index contributed by atoms with van der Waals surface area (Å²) in [4.78, 5) is 28.3. The highest BCUT2D eigenvalue weighted by Crippen LogP contribution is 2.50. The van der Waals surface area contributed by atoms with Crippen molar-refractivity contribution in [2.75, 3.05) is 6.54 Å². The Labute approximate surface area is 205 Å². The molecule has 0 radical (unpaired) electrons. The molecule has 3 unspecified atom stereocenters. The molecule has 0 amide bonds. The fraction of sp³-hybridized carbons (Fsp3) is 0.280. The van der Waals surface area contributed by atoms with Crippen LogP contribution in [0, 0.1) is 5.92 Å². The van der Waals surface area contributed by atoms with Gasteiger partial charge in [0.1, 0.15) is 11.5 Å². The number of halogens is 3. The van der Waals surface area contributed by atoms with Crippen LogP contribution < -0.4 is 9.26 Å². The van der Waals surface area contributed by atoms with Gasteiger partial charge in [-0.15, -0.1) is 13.2 Å². The average molecular weight is 521 g/mol. The van der Waals surface area contributed by atoms with Gasteiger partial charge in [-0.3, -0.25) is 19.2 Å². The number of para-hydroxylation sites is 1. The number of carbonyl (C=O) groups excluding carboxylic acids is 1. The molecule has 11 heteroatoms. The van der Waals surface area contributed by atoms with Gasteiger partial charge in [-0.25, -0.2) is 4.57 Å². The van der Waals surface area contributed by atoms with E-state index in [2.05, 4.69) is 9.73 Å². The van der Waals surface area contributed by atoms with Crippen molar-refractivity contribution in [3.05, 3.63) is 84.5 Å². The van der Waals surface area contributed by atoms with Crippen LogP contribution in [0.3, 0.4) is 0 Å². The third-order valence-electron chi connectivity index (χ3n) is 5.68. The normalized spacial score (nSPS) is 23.6. The van der Waals surface area contributed by atoms with Gasteiger partial charge in [0.15, 0.2) is 11.4 Å². The van der Waals surface area contributed by atoms with E-state index in [9.17, 15) is 27.4 Å². The summed E-state index contributed by atoms with van der Waals surface area (Å²) in [6.07, 6.45) is 2.44. The summed E-state index contributed by atoms with van der Waals surface area (Å²) in [5.74, 6) is -1.23. The number of hydrogen-bond acceptors (Lipinski definition) is 6. The molecule has 0 bridgehead atoms. The van der Waals surface area contributed by atoms with Crippen molar-refractivity contribution in [1.82, 2.24) is 0 Å². The number of rotatable bonds is 8. The third kappa shape index (κ3) is 6.32. The highest BCUT2D eigenvalue weighted by atomic mass is 31.2. The van der Waals surface area contributed by atoms with Crippen LogP contribution in [0.5, 0.6) is 11.5 Å². The Morgan fingerprint density at radius 2 is 1.78 bits per heavy atom. The zero-order valence-corrected chi connectivity index (χ0v) is 19.8. The van der Waals surface area contributed by atoms with Gasteiger partial charge in [-0.2, -0.15) is 0 Å². The zero-order chi connectivity index (χ0) is 25.8. The Hall–Kier alpha value is -3.20. The van der Waals surface area contributed by atoms with E-state index in [0.717, 1.165) is 0 Å². The number of nitrogens with zero attached hydrogens (tertiary/aromatic N) is 1. The number of hydrogen-bond donors (Lipinski definition) is 1. The van der Waals surface area contributed by atoms with Crippen LogP contribution in [0.1, 0.15) is 18.4 Å². The van der Waals surface area contributed by atoms with Gasteiger partial charge in [-0.1, -0.05) is 42.5 Å². The molecule has 0 aromatic heterocycles. The number of phosphoric acid groups is 1. The summed E-state index contributed by atoms with van der Waals surface area (Å²) in [6, 6.07) is 13.3. The monoisotopic (exact) mass is 521 g/mol. The first kappa shape index (κ1) is 25.9. The Kier molecular flexibility index (Phi) is 7.49. The maximum Gasteiger partial charge on any atom is 0.573 e. The number of carbonyl (C=O) groups is 1. The number of alkyl halides is 3. The fourth-order valence-corrected chi connectivity index (χ4v) is 5.26. The van der Waals surface area contributed by atoms with Crippen LogP contribution in [0.2, 0.25) is 0 Å². The van der Waals surface area contributed by atoms with Crippen molar-refractivity contribution in [3.8, 4) is 11.5 Å². The Morgan fingerprint density at radius 1 is 1.06 bits per heavy atom. The van der Waals surface area contributed by atoms with Gasteiger partial charge >= 0.3 is 14.2 Å². The predicted molar refractivity (Wildman–Crippen MR) is 126 cm³/mol. The van der Waals surface area contributed by atoms with E-state index in [1.807, 2.05) is 0 Å². The molecular formula is C25H23F3NO6P. The number of allylic oxidation sites excluding steroid dienone is 2. The molecule has 1 aliphatic carbocycles. The Balaban J connectivity index is 1.61. The highest BCUT2D eigenvalue weighted by Gasteiger charge is 2.51. The summed E-state index contributed by atoms with van der Waals surface area (Å²) >= 11 is 0. The first-order valence-corrected chi connectivity index (χ1v) is 12.6. The highest BCUT2D eigenvalue weighted by molar-refractivity contribution is 7.48. The van der Waals surface area contributed by atoms with Gasteiger partial charge in [0.05, 0.1) is 5.71 Å². The molecule has 2 aliphatic rings. The zero-order valence-electron chi connectivity index (χ0n) is 18.9. The van der Waals surface area contributed by atoms with Gasteiger partial charge in [0, 0.05) is 12.5 Å². The molecule has 2 aromatic carbocycles. The van der Waals surface area contributed by atoms with Gasteiger partial charge in [-0.05, 0) is 61.2 Å². The van der Waals surface area contributed by atoms with Crippen LogP contribution in [-0.4, -0.2) is 34.9 Å². The van der Waals surface area contributed by atoms with Crippen LogP contribution in [0.25, 0.3) is 0 Å². The number of ether oxygens (including phenoxy) is 1. The number of benzene rings is 2. The van der Waals surface area contributed by atoms with Gasteiger partial charge in [0.25, 0.3) is 0 Å². The summed E-state index contributed by atoms with van der Waals surface area (Å²) in [5, 5.41) is 0. The van der Waals surface area contributed by atoms with Crippen LogP contribution >= 0.6 is 7.82 Å². The quantitative estimate of drug-likeness (QED) is 0.454. The van der Waals surface area contributed by atoms with E-state index < -0.39 is 25.6 Å². The molecular weight excluding hydrogens is 498 g/mol. The smallest absolute Gasteiger partial charge is 0.406 e. The van der Waals surface area contributed by atoms with Crippen molar-refractivity contribution in [3.63, 3.8) is 0 Å². The molecule has 4 rings (SSSR count). The fourth-order valence-electron chi connectivity index (χ4n) is 4.22. The molecule has 0 saturated carbocycles. The van der Waals surface area contributed by atoms with E-state index in [0.29, 0.717) is 31.4 Å². The minimum atomic E-state index is -4.80. The molecule has 0 spiro atoms. The SMILES string of the molecule is O=C1C=CC=CC1(OP(=O)(O)Oc1ccccc1)C1=NCCCC1Cc1ccc(OC(F)(F)F)cc1. The molecule has 36 heavy (non-hydrogen) atoms. The average Bonchev–Trinajstić information content (AvgIpc) is 2.81. The lowest BCUT2D eigenvalue weighted by Crippen LogP contribution is -2.51. The third-order valence-corrected chi connectivity index (χ3v) is 6.64. The minimum Gasteiger partial charge on any atom is -0.406 e. The van der Waals surface area contributed by atoms with E-state index in [1.54, 1.807) is 18.2 Å². The number of aliphatic imine (C=N–C) groups is 1. The van der Waals surface area contributed by atoms with E-state index in [-0.39, 0.29) is 23.1 Å². The lowest BCUT2D eigenvalue weighted by atomic mass is 9.77. The standard InChI is InChI=1S/C25H23F3NO6P/c26-25(27,28)33-20-13-11-18(12-14-20)17-19-7-6-16-29-23(19)24(15-5-4-10-22(24)30)35-36(31,32)34-21-8-2-1-3-9-21/h1-5,8-15,19H,6-7,16-17H2,(H,31,32). The van der Waals surface area contributed by atoms with Crippen molar-refractivity contribution in [1.29, 1.82) is 0 Å². The molecule has 190 valence electrons. The van der Waals surface area contributed by atoms with Crippen molar-refractivity contribution in [2.24, 2.45) is 10.9 Å². The molecule has 0 saturated heterocycles. The maximum absolute atomic E-state index is 13.2. The molecule has 7 nitrogen and oxygen atoms in total.